The van der Waals surface area contributed by atoms with Gasteiger partial charge in [0.2, 0.25) is 0 Å². The molecule has 2 bridgehead atoms. The van der Waals surface area contributed by atoms with Gasteiger partial charge in [-0.15, -0.1) is 11.8 Å². The van der Waals surface area contributed by atoms with Crippen LogP contribution in [0.5, 0.6) is 0 Å². The Balaban J connectivity index is 1.49. The second-order valence-corrected chi connectivity index (χ2v) is 9.98. The quantitative estimate of drug-likeness (QED) is 0.722. The molecule has 29 heavy (non-hydrogen) atoms. The van der Waals surface area contributed by atoms with Gasteiger partial charge in [0, 0.05) is 53.8 Å². The summed E-state index contributed by atoms with van der Waals surface area (Å²) in [6.07, 6.45) is 5.89. The van der Waals surface area contributed by atoms with Crippen molar-refractivity contribution in [2.24, 2.45) is 5.92 Å². The first-order chi connectivity index (χ1) is 14.1. The fourth-order valence-electron chi connectivity index (χ4n) is 5.72. The first kappa shape index (κ1) is 19.4. The van der Waals surface area contributed by atoms with Gasteiger partial charge in [-0.05, 0) is 75.3 Å². The van der Waals surface area contributed by atoms with Crippen LogP contribution in [0.1, 0.15) is 30.9 Å². The SMILES string of the molecule is CSc1ccc(-c2ccc(=O)n3c2[C@@H]2C[C@H](CN(C4CCN(C)CC4)C2)C3)cc1. The molecule has 1 aromatic heterocycles. The molecular formula is C24H31N3OS. The van der Waals surface area contributed by atoms with E-state index in [2.05, 4.69) is 58.0 Å². The summed E-state index contributed by atoms with van der Waals surface area (Å²) < 4.78 is 2.10. The van der Waals surface area contributed by atoms with Crippen LogP contribution in [0.15, 0.2) is 46.1 Å². The Kier molecular flexibility index (Phi) is 5.31. The minimum absolute atomic E-state index is 0.173. The van der Waals surface area contributed by atoms with Gasteiger partial charge in [0.05, 0.1) is 0 Å². The Bertz CT molecular complexity index is 930. The molecule has 0 spiro atoms. The van der Waals surface area contributed by atoms with Crippen LogP contribution in [0.25, 0.3) is 11.1 Å². The third-order valence-corrected chi connectivity index (χ3v) is 7.97. The van der Waals surface area contributed by atoms with Crippen molar-refractivity contribution in [3.63, 3.8) is 0 Å². The number of nitrogens with zero attached hydrogens (tertiary/aromatic N) is 3. The molecule has 154 valence electrons. The highest BCUT2D eigenvalue weighted by Crippen LogP contribution is 2.41. The van der Waals surface area contributed by atoms with Crippen LogP contribution in [0.3, 0.4) is 0 Å². The topological polar surface area (TPSA) is 28.5 Å². The highest BCUT2D eigenvalue weighted by atomic mass is 32.2. The minimum atomic E-state index is 0.173. The molecule has 0 radical (unpaired) electrons. The molecule has 0 unspecified atom stereocenters. The fourth-order valence-corrected chi connectivity index (χ4v) is 6.13. The summed E-state index contributed by atoms with van der Waals surface area (Å²) in [5, 5.41) is 0. The van der Waals surface area contributed by atoms with E-state index in [4.69, 9.17) is 0 Å². The van der Waals surface area contributed by atoms with Gasteiger partial charge < -0.3 is 9.47 Å². The summed E-state index contributed by atoms with van der Waals surface area (Å²) in [6, 6.07) is 13.4. The van der Waals surface area contributed by atoms with Crippen molar-refractivity contribution in [1.82, 2.24) is 14.4 Å². The maximum absolute atomic E-state index is 12.7. The van der Waals surface area contributed by atoms with E-state index in [0.717, 1.165) is 19.6 Å². The molecule has 0 saturated carbocycles. The second-order valence-electron chi connectivity index (χ2n) is 9.10. The number of fused-ring (bicyclic) bond motifs is 4. The van der Waals surface area contributed by atoms with Crippen LogP contribution in [0.4, 0.5) is 0 Å². The first-order valence-electron chi connectivity index (χ1n) is 10.9. The lowest BCUT2D eigenvalue weighted by molar-refractivity contribution is 0.0519. The molecule has 0 aliphatic carbocycles. The van der Waals surface area contributed by atoms with Crippen LogP contribution in [-0.2, 0) is 6.54 Å². The highest BCUT2D eigenvalue weighted by Gasteiger charge is 2.38. The van der Waals surface area contributed by atoms with Crippen LogP contribution in [0, 0.1) is 5.92 Å². The molecule has 2 fully saturated rings. The van der Waals surface area contributed by atoms with Crippen LogP contribution < -0.4 is 5.56 Å². The zero-order chi connectivity index (χ0) is 20.0. The Labute approximate surface area is 177 Å². The Morgan fingerprint density at radius 1 is 0.966 bits per heavy atom. The summed E-state index contributed by atoms with van der Waals surface area (Å²) in [4.78, 5) is 19.2. The number of hydrogen-bond acceptors (Lipinski definition) is 4. The molecule has 1 aromatic carbocycles. The predicted molar refractivity (Wildman–Crippen MR) is 121 cm³/mol. The maximum atomic E-state index is 12.7. The lowest BCUT2D eigenvalue weighted by Gasteiger charge is -2.47. The van der Waals surface area contributed by atoms with Crippen molar-refractivity contribution in [2.45, 2.75) is 42.7 Å². The van der Waals surface area contributed by atoms with Crippen LogP contribution >= 0.6 is 11.8 Å². The number of piperidine rings is 2. The van der Waals surface area contributed by atoms with E-state index >= 15 is 0 Å². The van der Waals surface area contributed by atoms with Gasteiger partial charge in [0.15, 0.2) is 0 Å². The van der Waals surface area contributed by atoms with Gasteiger partial charge in [-0.25, -0.2) is 0 Å². The number of hydrogen-bond donors (Lipinski definition) is 0. The van der Waals surface area contributed by atoms with Crippen molar-refractivity contribution in [3.8, 4) is 11.1 Å². The van der Waals surface area contributed by atoms with Crippen molar-refractivity contribution in [1.29, 1.82) is 0 Å². The van der Waals surface area contributed by atoms with Crippen LogP contribution in [-0.4, -0.2) is 59.9 Å². The number of thioether (sulfide) groups is 1. The van der Waals surface area contributed by atoms with Crippen molar-refractivity contribution < 1.29 is 0 Å². The average molecular weight is 410 g/mol. The molecule has 5 heteroatoms. The van der Waals surface area contributed by atoms with E-state index in [-0.39, 0.29) is 5.56 Å². The molecule has 5 rings (SSSR count). The van der Waals surface area contributed by atoms with Crippen LogP contribution in [0.2, 0.25) is 0 Å². The molecular weight excluding hydrogens is 378 g/mol. The van der Waals surface area contributed by atoms with E-state index < -0.39 is 0 Å². The summed E-state index contributed by atoms with van der Waals surface area (Å²) in [5.74, 6) is 1.07. The van der Waals surface area contributed by atoms with E-state index in [9.17, 15) is 4.79 Å². The normalized spacial score (nSPS) is 25.7. The summed E-state index contributed by atoms with van der Waals surface area (Å²) in [6.45, 7) is 5.55. The number of benzene rings is 1. The summed E-state index contributed by atoms with van der Waals surface area (Å²) >= 11 is 1.77. The molecule has 2 atom stereocenters. The largest absolute Gasteiger partial charge is 0.311 e. The zero-order valence-corrected chi connectivity index (χ0v) is 18.3. The Morgan fingerprint density at radius 2 is 1.72 bits per heavy atom. The summed E-state index contributed by atoms with van der Waals surface area (Å²) in [7, 11) is 2.23. The number of rotatable bonds is 3. The van der Waals surface area contributed by atoms with Gasteiger partial charge in [0.1, 0.15) is 0 Å². The molecule has 2 saturated heterocycles. The monoisotopic (exact) mass is 409 g/mol. The van der Waals surface area contributed by atoms with Gasteiger partial charge in [-0.1, -0.05) is 12.1 Å². The molecule has 2 aromatic rings. The van der Waals surface area contributed by atoms with E-state index in [0.29, 0.717) is 17.9 Å². The van der Waals surface area contributed by atoms with Gasteiger partial charge in [0.25, 0.3) is 5.56 Å². The third-order valence-electron chi connectivity index (χ3n) is 7.22. The second kappa shape index (κ2) is 7.93. The highest BCUT2D eigenvalue weighted by molar-refractivity contribution is 7.98. The molecule has 0 amide bonds. The smallest absolute Gasteiger partial charge is 0.250 e. The number of pyridine rings is 1. The van der Waals surface area contributed by atoms with E-state index in [1.165, 1.54) is 54.1 Å². The average Bonchev–Trinajstić information content (AvgIpc) is 2.75. The first-order valence-corrected chi connectivity index (χ1v) is 12.2. The van der Waals surface area contributed by atoms with Crippen molar-refractivity contribution in [3.05, 3.63) is 52.4 Å². The molecule has 3 aliphatic heterocycles. The lowest BCUT2D eigenvalue weighted by atomic mass is 9.79. The summed E-state index contributed by atoms with van der Waals surface area (Å²) in [5.41, 5.74) is 3.95. The van der Waals surface area contributed by atoms with Gasteiger partial charge >= 0.3 is 0 Å². The minimum Gasteiger partial charge on any atom is -0.311 e. The zero-order valence-electron chi connectivity index (χ0n) is 17.5. The molecule has 4 nitrogen and oxygen atoms in total. The van der Waals surface area contributed by atoms with Gasteiger partial charge in [-0.2, -0.15) is 0 Å². The predicted octanol–water partition coefficient (Wildman–Crippen LogP) is 3.75. The molecule has 4 heterocycles. The molecule has 0 N–H and O–H groups in total. The molecule has 3 aliphatic rings. The maximum Gasteiger partial charge on any atom is 0.250 e. The van der Waals surface area contributed by atoms with Gasteiger partial charge in [-0.3, -0.25) is 9.69 Å². The fraction of sp³-hybridized carbons (Fsp3) is 0.542. The Morgan fingerprint density at radius 3 is 2.45 bits per heavy atom. The van der Waals surface area contributed by atoms with E-state index in [1.807, 2.05) is 0 Å². The van der Waals surface area contributed by atoms with E-state index in [1.54, 1.807) is 17.8 Å². The third kappa shape index (κ3) is 3.69. The number of likely N-dealkylation sites (tertiary alicyclic amines) is 2. The number of aromatic nitrogens is 1. The van der Waals surface area contributed by atoms with Crippen molar-refractivity contribution in [2.75, 3.05) is 39.5 Å². The van der Waals surface area contributed by atoms with Crippen molar-refractivity contribution >= 4 is 11.8 Å². The standard InChI is InChI=1S/C24H31N3OS/c1-25-11-9-20(10-12-25)26-14-17-13-19(16-26)24-22(7-8-23(28)27(24)15-17)18-3-5-21(29-2)6-4-18/h3-8,17,19-20H,9-16H2,1-2H3/t17-,19-/m1/s1. The lowest BCUT2D eigenvalue weighted by Crippen LogP contribution is -2.53. The Hall–Kier alpha value is -1.56.